The molecule has 0 aromatic heterocycles. The zero-order valence-corrected chi connectivity index (χ0v) is 10.4. The van der Waals surface area contributed by atoms with Gasteiger partial charge in [0.25, 0.3) is 0 Å². The maximum atomic E-state index is 5.50. The summed E-state index contributed by atoms with van der Waals surface area (Å²) in [6.45, 7) is 1.12. The molecular formula is C14H15ClO2. The molecule has 0 N–H and O–H groups in total. The molecule has 2 rings (SSSR count). The molecule has 0 spiro atoms. The molecular weight excluding hydrogens is 236 g/mol. The van der Waals surface area contributed by atoms with Crippen molar-refractivity contribution in [2.24, 2.45) is 5.92 Å². The van der Waals surface area contributed by atoms with E-state index in [4.69, 9.17) is 21.1 Å². The first-order valence-corrected chi connectivity index (χ1v) is 6.27. The van der Waals surface area contributed by atoms with Crippen LogP contribution >= 0.6 is 11.6 Å². The van der Waals surface area contributed by atoms with Crippen LogP contribution in [0, 0.1) is 17.8 Å². The highest BCUT2D eigenvalue weighted by molar-refractivity contribution is 6.19. The van der Waals surface area contributed by atoms with Gasteiger partial charge < -0.3 is 9.47 Å². The molecule has 1 fully saturated rings. The van der Waals surface area contributed by atoms with Crippen LogP contribution in [-0.2, 0) is 4.74 Å². The van der Waals surface area contributed by atoms with Crippen LogP contribution in [0.5, 0.6) is 5.75 Å². The molecule has 1 aromatic rings. The van der Waals surface area contributed by atoms with Gasteiger partial charge in [0.2, 0.25) is 0 Å². The van der Waals surface area contributed by atoms with Crippen molar-refractivity contribution in [3.05, 3.63) is 29.8 Å². The van der Waals surface area contributed by atoms with Crippen molar-refractivity contribution in [1.29, 1.82) is 0 Å². The number of benzene rings is 1. The van der Waals surface area contributed by atoms with Gasteiger partial charge in [-0.1, -0.05) is 17.9 Å². The zero-order valence-electron chi connectivity index (χ0n) is 9.62. The van der Waals surface area contributed by atoms with Gasteiger partial charge in [-0.05, 0) is 37.0 Å². The van der Waals surface area contributed by atoms with Gasteiger partial charge in [-0.25, -0.2) is 0 Å². The van der Waals surface area contributed by atoms with E-state index in [1.54, 1.807) is 0 Å². The topological polar surface area (TPSA) is 18.5 Å². The lowest BCUT2D eigenvalue weighted by Gasteiger charge is -2.06. The van der Waals surface area contributed by atoms with Crippen molar-refractivity contribution in [1.82, 2.24) is 0 Å². The second-order valence-corrected chi connectivity index (χ2v) is 4.31. The molecule has 1 aliphatic rings. The smallest absolute Gasteiger partial charge is 0.189 e. The number of ether oxygens (including phenoxy) is 2. The average molecular weight is 251 g/mol. The van der Waals surface area contributed by atoms with Crippen molar-refractivity contribution in [3.8, 4) is 17.6 Å². The maximum absolute atomic E-state index is 5.50. The Balaban J connectivity index is 1.78. The third-order valence-corrected chi connectivity index (χ3v) is 2.63. The van der Waals surface area contributed by atoms with Gasteiger partial charge in [0, 0.05) is 5.56 Å². The van der Waals surface area contributed by atoms with Gasteiger partial charge in [0.15, 0.2) is 6.79 Å². The quantitative estimate of drug-likeness (QED) is 0.346. The summed E-state index contributed by atoms with van der Waals surface area (Å²) in [6.07, 6.45) is 2.59. The van der Waals surface area contributed by atoms with Crippen LogP contribution in [0.4, 0.5) is 0 Å². The fourth-order valence-electron chi connectivity index (χ4n) is 1.41. The standard InChI is InChI=1S/C14H15ClO2/c15-8-2-4-12-3-1-5-14(9-12)17-11-16-10-13-6-7-13/h1,3,5,9,13H,6-8,10-11H2. The second kappa shape index (κ2) is 6.54. The minimum atomic E-state index is 0.308. The number of rotatable bonds is 5. The van der Waals surface area contributed by atoms with Gasteiger partial charge in [0.05, 0.1) is 12.5 Å². The first kappa shape index (κ1) is 12.3. The molecule has 0 heterocycles. The van der Waals surface area contributed by atoms with E-state index in [0.717, 1.165) is 23.8 Å². The molecule has 1 aromatic carbocycles. The Morgan fingerprint density at radius 3 is 3.00 bits per heavy atom. The lowest BCUT2D eigenvalue weighted by Crippen LogP contribution is -2.05. The van der Waals surface area contributed by atoms with Gasteiger partial charge in [-0.2, -0.15) is 0 Å². The Bertz CT molecular complexity index is 416. The van der Waals surface area contributed by atoms with E-state index in [1.165, 1.54) is 12.8 Å². The summed E-state index contributed by atoms with van der Waals surface area (Å²) in [5.41, 5.74) is 0.908. The minimum Gasteiger partial charge on any atom is -0.468 e. The molecule has 0 atom stereocenters. The van der Waals surface area contributed by atoms with Gasteiger partial charge >= 0.3 is 0 Å². The summed E-state index contributed by atoms with van der Waals surface area (Å²) in [5, 5.41) is 0. The van der Waals surface area contributed by atoms with E-state index < -0.39 is 0 Å². The summed E-state index contributed by atoms with van der Waals surface area (Å²) >= 11 is 5.50. The van der Waals surface area contributed by atoms with E-state index in [0.29, 0.717) is 12.7 Å². The predicted molar refractivity (Wildman–Crippen MR) is 68.2 cm³/mol. The van der Waals surface area contributed by atoms with Crippen LogP contribution in [-0.4, -0.2) is 19.3 Å². The molecule has 0 saturated heterocycles. The average Bonchev–Trinajstić information content (AvgIpc) is 3.17. The van der Waals surface area contributed by atoms with Crippen LogP contribution in [0.2, 0.25) is 0 Å². The molecule has 90 valence electrons. The van der Waals surface area contributed by atoms with Crippen LogP contribution in [0.1, 0.15) is 18.4 Å². The summed E-state index contributed by atoms with van der Waals surface area (Å²) < 4.78 is 10.9. The minimum absolute atomic E-state index is 0.308. The number of hydrogen-bond donors (Lipinski definition) is 0. The Hall–Kier alpha value is -1.17. The summed E-state index contributed by atoms with van der Waals surface area (Å²) in [5.74, 6) is 7.65. The van der Waals surface area contributed by atoms with Crippen molar-refractivity contribution in [2.75, 3.05) is 19.3 Å². The highest BCUT2D eigenvalue weighted by Gasteiger charge is 2.20. The fraction of sp³-hybridized carbons (Fsp3) is 0.429. The number of halogens is 1. The lowest BCUT2D eigenvalue weighted by atomic mass is 10.2. The molecule has 2 nitrogen and oxygen atoms in total. The lowest BCUT2D eigenvalue weighted by molar-refractivity contribution is 0.00997. The molecule has 0 amide bonds. The van der Waals surface area contributed by atoms with Crippen LogP contribution < -0.4 is 4.74 Å². The van der Waals surface area contributed by atoms with E-state index in [-0.39, 0.29) is 0 Å². The number of alkyl halides is 1. The van der Waals surface area contributed by atoms with E-state index in [1.807, 2.05) is 24.3 Å². The summed E-state index contributed by atoms with van der Waals surface area (Å²) in [7, 11) is 0. The first-order valence-electron chi connectivity index (χ1n) is 5.74. The summed E-state index contributed by atoms with van der Waals surface area (Å²) in [4.78, 5) is 0. The Kier molecular flexibility index (Phi) is 4.73. The van der Waals surface area contributed by atoms with Crippen LogP contribution in [0.3, 0.4) is 0 Å². The van der Waals surface area contributed by atoms with Gasteiger partial charge in [0.1, 0.15) is 5.75 Å². The Morgan fingerprint density at radius 1 is 1.35 bits per heavy atom. The molecule has 17 heavy (non-hydrogen) atoms. The summed E-state index contributed by atoms with van der Waals surface area (Å²) in [6, 6.07) is 7.62. The third kappa shape index (κ3) is 4.68. The molecule has 1 aliphatic carbocycles. The van der Waals surface area contributed by atoms with Gasteiger partial charge in [-0.15, -0.1) is 11.6 Å². The predicted octanol–water partition coefficient (Wildman–Crippen LogP) is 3.04. The Labute approximate surface area is 107 Å². The molecule has 0 unspecified atom stereocenters. The highest BCUT2D eigenvalue weighted by atomic mass is 35.5. The van der Waals surface area contributed by atoms with Crippen LogP contribution in [0.15, 0.2) is 24.3 Å². The van der Waals surface area contributed by atoms with Crippen molar-refractivity contribution in [3.63, 3.8) is 0 Å². The molecule has 0 aliphatic heterocycles. The SMILES string of the molecule is ClCC#Cc1cccc(OCOCC2CC2)c1. The Morgan fingerprint density at radius 2 is 2.24 bits per heavy atom. The van der Waals surface area contributed by atoms with E-state index in [9.17, 15) is 0 Å². The van der Waals surface area contributed by atoms with Crippen molar-refractivity contribution >= 4 is 11.6 Å². The maximum Gasteiger partial charge on any atom is 0.189 e. The van der Waals surface area contributed by atoms with Crippen molar-refractivity contribution < 1.29 is 9.47 Å². The zero-order chi connectivity index (χ0) is 11.9. The van der Waals surface area contributed by atoms with Crippen LogP contribution in [0.25, 0.3) is 0 Å². The monoisotopic (exact) mass is 250 g/mol. The van der Waals surface area contributed by atoms with Gasteiger partial charge in [-0.3, -0.25) is 0 Å². The fourth-order valence-corrected chi connectivity index (χ4v) is 1.47. The van der Waals surface area contributed by atoms with Crippen molar-refractivity contribution in [2.45, 2.75) is 12.8 Å². The third-order valence-electron chi connectivity index (χ3n) is 2.49. The van der Waals surface area contributed by atoms with E-state index >= 15 is 0 Å². The molecule has 0 bridgehead atoms. The molecule has 1 saturated carbocycles. The second-order valence-electron chi connectivity index (χ2n) is 4.04. The molecule has 3 heteroatoms. The number of hydrogen-bond acceptors (Lipinski definition) is 2. The highest BCUT2D eigenvalue weighted by Crippen LogP contribution is 2.28. The normalized spacial score (nSPS) is 13.9. The first-order chi connectivity index (χ1) is 8.38. The largest absolute Gasteiger partial charge is 0.468 e. The molecule has 0 radical (unpaired) electrons. The van der Waals surface area contributed by atoms with E-state index in [2.05, 4.69) is 11.8 Å².